The first-order chi connectivity index (χ1) is 10.9. The van der Waals surface area contributed by atoms with Gasteiger partial charge in [0.25, 0.3) is 0 Å². The second-order valence-electron chi connectivity index (χ2n) is 4.72. The normalized spacial score (nSPS) is 10.8. The molecule has 0 aliphatic carbocycles. The smallest absolute Gasteiger partial charge is 0.326 e. The number of aryl methyl sites for hydroxylation is 1. The first kappa shape index (κ1) is 16.7. The summed E-state index contributed by atoms with van der Waals surface area (Å²) in [6, 6.07) is 14.4. The van der Waals surface area contributed by atoms with Crippen molar-refractivity contribution in [2.75, 3.05) is 6.54 Å². The van der Waals surface area contributed by atoms with Crippen LogP contribution >= 0.6 is 0 Å². The molecule has 0 aliphatic heterocycles. The van der Waals surface area contributed by atoms with Gasteiger partial charge in [-0.25, -0.2) is 8.42 Å². The summed E-state index contributed by atoms with van der Waals surface area (Å²) < 4.78 is 31.5. The van der Waals surface area contributed by atoms with Gasteiger partial charge in [-0.1, -0.05) is 24.3 Å². The zero-order valence-corrected chi connectivity index (χ0v) is 13.1. The summed E-state index contributed by atoms with van der Waals surface area (Å²) in [5, 5.41) is 8.95. The monoisotopic (exact) mass is 330 g/mol. The third-order valence-electron chi connectivity index (χ3n) is 2.92. The minimum Gasteiger partial charge on any atom is -0.426 e. The number of esters is 1. The van der Waals surface area contributed by atoms with Crippen molar-refractivity contribution >= 4 is 16.0 Å². The van der Waals surface area contributed by atoms with Crippen LogP contribution in [0.3, 0.4) is 0 Å². The van der Waals surface area contributed by atoms with Crippen LogP contribution in [0.5, 0.6) is 5.75 Å². The number of nitrogens with zero attached hydrogens (tertiary/aromatic N) is 1. The second kappa shape index (κ2) is 7.05. The van der Waals surface area contributed by atoms with Crippen molar-refractivity contribution in [2.45, 2.75) is 11.8 Å². The van der Waals surface area contributed by atoms with Crippen molar-refractivity contribution in [1.29, 1.82) is 5.26 Å². The summed E-state index contributed by atoms with van der Waals surface area (Å²) >= 11 is 0. The Bertz CT molecular complexity index is 870. The summed E-state index contributed by atoms with van der Waals surface area (Å²) in [5.41, 5.74) is 0.922. The largest absolute Gasteiger partial charge is 0.426 e. The molecule has 0 bridgehead atoms. The Morgan fingerprint density at radius 3 is 2.65 bits per heavy atom. The van der Waals surface area contributed by atoms with Gasteiger partial charge in [0.15, 0.2) is 0 Å². The molecule has 2 aromatic carbocycles. The van der Waals surface area contributed by atoms with E-state index in [1.807, 2.05) is 13.0 Å². The van der Waals surface area contributed by atoms with E-state index >= 15 is 0 Å². The van der Waals surface area contributed by atoms with E-state index in [4.69, 9.17) is 10.00 Å². The van der Waals surface area contributed by atoms with Gasteiger partial charge in [0.05, 0.1) is 10.5 Å². The molecule has 0 aliphatic rings. The van der Waals surface area contributed by atoms with Crippen molar-refractivity contribution in [2.24, 2.45) is 0 Å². The Kier molecular flexibility index (Phi) is 5.11. The quantitative estimate of drug-likeness (QED) is 0.665. The van der Waals surface area contributed by atoms with Gasteiger partial charge in [0.1, 0.15) is 18.4 Å². The highest BCUT2D eigenvalue weighted by molar-refractivity contribution is 7.89. The van der Waals surface area contributed by atoms with E-state index in [0.717, 1.165) is 5.56 Å². The third-order valence-corrected chi connectivity index (χ3v) is 4.38. The van der Waals surface area contributed by atoms with E-state index in [1.54, 1.807) is 30.3 Å². The fourth-order valence-corrected chi connectivity index (χ4v) is 3.00. The van der Waals surface area contributed by atoms with Crippen molar-refractivity contribution in [1.82, 2.24) is 4.72 Å². The standard InChI is InChI=1S/C16H14N2O4S/c1-12-5-4-7-14(9-12)22-16(19)11-18-23(20,21)15-8-3-2-6-13(15)10-17/h2-9,18H,11H2,1H3. The predicted molar refractivity (Wildman–Crippen MR) is 83.2 cm³/mol. The molecule has 0 heterocycles. The van der Waals surface area contributed by atoms with Crippen LogP contribution in [0.15, 0.2) is 53.4 Å². The Labute approximate surface area is 134 Å². The fraction of sp³-hybridized carbons (Fsp3) is 0.125. The number of nitriles is 1. The highest BCUT2D eigenvalue weighted by Gasteiger charge is 2.19. The third kappa shape index (κ3) is 4.39. The number of hydrogen-bond donors (Lipinski definition) is 1. The molecule has 0 atom stereocenters. The lowest BCUT2D eigenvalue weighted by Gasteiger charge is -2.08. The van der Waals surface area contributed by atoms with E-state index in [1.165, 1.54) is 18.2 Å². The molecule has 0 fully saturated rings. The minimum absolute atomic E-state index is 0.00653. The van der Waals surface area contributed by atoms with Gasteiger partial charge in [-0.3, -0.25) is 4.79 Å². The van der Waals surface area contributed by atoms with E-state index in [0.29, 0.717) is 5.75 Å². The number of carbonyl (C=O) groups is 1. The number of sulfonamides is 1. The summed E-state index contributed by atoms with van der Waals surface area (Å²) in [5.74, 6) is -0.403. The first-order valence-electron chi connectivity index (χ1n) is 6.68. The molecule has 7 heteroatoms. The average Bonchev–Trinajstić information content (AvgIpc) is 2.53. The van der Waals surface area contributed by atoms with Gasteiger partial charge >= 0.3 is 5.97 Å². The van der Waals surface area contributed by atoms with Crippen molar-refractivity contribution in [3.8, 4) is 11.8 Å². The van der Waals surface area contributed by atoms with Crippen molar-refractivity contribution in [3.63, 3.8) is 0 Å². The van der Waals surface area contributed by atoms with E-state index in [2.05, 4.69) is 4.72 Å². The van der Waals surface area contributed by atoms with Crippen molar-refractivity contribution in [3.05, 3.63) is 59.7 Å². The van der Waals surface area contributed by atoms with Crippen LogP contribution in [0.25, 0.3) is 0 Å². The molecule has 0 saturated heterocycles. The minimum atomic E-state index is -3.97. The molecule has 1 N–H and O–H groups in total. The zero-order valence-electron chi connectivity index (χ0n) is 12.3. The van der Waals surface area contributed by atoms with Gasteiger partial charge in [0, 0.05) is 0 Å². The second-order valence-corrected chi connectivity index (χ2v) is 6.46. The molecule has 0 unspecified atom stereocenters. The number of ether oxygens (including phenoxy) is 1. The Hall–Kier alpha value is -2.69. The molecule has 0 aromatic heterocycles. The van der Waals surface area contributed by atoms with Gasteiger partial charge in [-0.2, -0.15) is 9.98 Å². The Morgan fingerprint density at radius 1 is 1.22 bits per heavy atom. The van der Waals surface area contributed by atoms with Crippen molar-refractivity contribution < 1.29 is 17.9 Å². The molecule has 2 rings (SSSR count). The zero-order chi connectivity index (χ0) is 16.9. The van der Waals surface area contributed by atoms with Gasteiger partial charge < -0.3 is 4.74 Å². The summed E-state index contributed by atoms with van der Waals surface area (Å²) in [7, 11) is -3.97. The summed E-state index contributed by atoms with van der Waals surface area (Å²) in [6.07, 6.45) is 0. The lowest BCUT2D eigenvalue weighted by Crippen LogP contribution is -2.32. The highest BCUT2D eigenvalue weighted by Crippen LogP contribution is 2.15. The SMILES string of the molecule is Cc1cccc(OC(=O)CNS(=O)(=O)c2ccccc2C#N)c1. The molecule has 23 heavy (non-hydrogen) atoms. The molecule has 0 saturated carbocycles. The van der Waals surface area contributed by atoms with Crippen LogP contribution in [0.4, 0.5) is 0 Å². The number of rotatable bonds is 5. The lowest BCUT2D eigenvalue weighted by atomic mass is 10.2. The molecular formula is C16H14N2O4S. The molecule has 0 amide bonds. The topological polar surface area (TPSA) is 96.3 Å². The number of nitrogens with one attached hydrogen (secondary N) is 1. The van der Waals surface area contributed by atoms with E-state index in [9.17, 15) is 13.2 Å². The maximum Gasteiger partial charge on any atom is 0.326 e. The number of carbonyl (C=O) groups excluding carboxylic acids is 1. The van der Waals surface area contributed by atoms with Crippen LogP contribution in [0.1, 0.15) is 11.1 Å². The highest BCUT2D eigenvalue weighted by atomic mass is 32.2. The number of benzene rings is 2. The van der Waals surface area contributed by atoms with Crippen LogP contribution in [0.2, 0.25) is 0 Å². The molecule has 2 aromatic rings. The molecule has 0 radical (unpaired) electrons. The Balaban J connectivity index is 2.05. The van der Waals surface area contributed by atoms with Gasteiger partial charge in [-0.15, -0.1) is 0 Å². The summed E-state index contributed by atoms with van der Waals surface area (Å²) in [6.45, 7) is 1.31. The summed E-state index contributed by atoms with van der Waals surface area (Å²) in [4.78, 5) is 11.6. The molecule has 0 spiro atoms. The predicted octanol–water partition coefficient (Wildman–Crippen LogP) is 1.75. The number of hydrogen-bond acceptors (Lipinski definition) is 5. The maximum atomic E-state index is 12.2. The fourth-order valence-electron chi connectivity index (χ4n) is 1.87. The van der Waals surface area contributed by atoms with Gasteiger partial charge in [-0.05, 0) is 36.8 Å². The van der Waals surface area contributed by atoms with Crippen LogP contribution in [0, 0.1) is 18.3 Å². The van der Waals surface area contributed by atoms with Gasteiger partial charge in [0.2, 0.25) is 10.0 Å². The lowest BCUT2D eigenvalue weighted by molar-refractivity contribution is -0.133. The molecular weight excluding hydrogens is 316 g/mol. The van der Waals surface area contributed by atoms with Crippen LogP contribution in [-0.2, 0) is 14.8 Å². The van der Waals surface area contributed by atoms with E-state index < -0.39 is 22.5 Å². The van der Waals surface area contributed by atoms with E-state index in [-0.39, 0.29) is 10.5 Å². The first-order valence-corrected chi connectivity index (χ1v) is 8.17. The maximum absolute atomic E-state index is 12.2. The molecule has 118 valence electrons. The van der Waals surface area contributed by atoms with Crippen LogP contribution < -0.4 is 9.46 Å². The average molecular weight is 330 g/mol. The Morgan fingerprint density at radius 2 is 1.96 bits per heavy atom. The van der Waals surface area contributed by atoms with Crippen LogP contribution in [-0.4, -0.2) is 20.9 Å². The molecule has 6 nitrogen and oxygen atoms in total.